The van der Waals surface area contributed by atoms with E-state index in [-0.39, 0.29) is 23.7 Å². The molecule has 1 aromatic rings. The summed E-state index contributed by atoms with van der Waals surface area (Å²) >= 11 is 0. The average Bonchev–Trinajstić information content (AvgIpc) is 2.87. The van der Waals surface area contributed by atoms with Gasteiger partial charge >= 0.3 is 0 Å². The number of amides is 1. The van der Waals surface area contributed by atoms with Gasteiger partial charge in [-0.1, -0.05) is 27.7 Å². The van der Waals surface area contributed by atoms with Gasteiger partial charge in [-0.05, 0) is 18.8 Å². The molecule has 0 saturated carbocycles. The van der Waals surface area contributed by atoms with Gasteiger partial charge in [0.25, 0.3) is 12.3 Å². The predicted molar refractivity (Wildman–Crippen MR) is 79.9 cm³/mol. The van der Waals surface area contributed by atoms with Crippen molar-refractivity contribution in [3.8, 4) is 0 Å². The third-order valence-electron chi connectivity index (χ3n) is 3.69. The van der Waals surface area contributed by atoms with E-state index < -0.39 is 17.9 Å². The summed E-state index contributed by atoms with van der Waals surface area (Å²) in [6.07, 6.45) is -0.621. The number of nitrogens with one attached hydrogen (secondary N) is 1. The maximum atomic E-state index is 13.1. The van der Waals surface area contributed by atoms with E-state index in [1.54, 1.807) is 13.8 Å². The molecular weight excluding hydrogens is 292 g/mol. The fraction of sp³-hybridized carbons (Fsp3) is 0.733. The van der Waals surface area contributed by atoms with E-state index in [0.717, 1.165) is 0 Å². The Balaban J connectivity index is 2.89. The second kappa shape index (κ2) is 7.67. The molecule has 0 aliphatic carbocycles. The van der Waals surface area contributed by atoms with Crippen LogP contribution in [0.15, 0.2) is 6.20 Å². The minimum absolute atomic E-state index is 0.0125. The van der Waals surface area contributed by atoms with Gasteiger partial charge in [0.1, 0.15) is 0 Å². The van der Waals surface area contributed by atoms with E-state index in [1.807, 2.05) is 13.8 Å². The third kappa shape index (κ3) is 4.76. The molecule has 0 atom stereocenters. The van der Waals surface area contributed by atoms with Crippen LogP contribution < -0.4 is 5.32 Å². The Morgan fingerprint density at radius 3 is 2.45 bits per heavy atom. The molecule has 0 bridgehead atoms. The van der Waals surface area contributed by atoms with Gasteiger partial charge in [0, 0.05) is 19.3 Å². The van der Waals surface area contributed by atoms with Gasteiger partial charge in [0.15, 0.2) is 5.69 Å². The lowest BCUT2D eigenvalue weighted by Crippen LogP contribution is -2.42. The smallest absolute Gasteiger partial charge is 0.272 e. The monoisotopic (exact) mass is 317 g/mol. The molecule has 0 aliphatic heterocycles. The fourth-order valence-corrected chi connectivity index (χ4v) is 2.07. The van der Waals surface area contributed by atoms with Crippen molar-refractivity contribution < 1.29 is 18.7 Å². The number of halogens is 2. The Hall–Kier alpha value is -1.50. The van der Waals surface area contributed by atoms with Crippen molar-refractivity contribution in [2.75, 3.05) is 6.54 Å². The number of alkyl halides is 2. The first kappa shape index (κ1) is 18.5. The highest BCUT2D eigenvalue weighted by Gasteiger charge is 2.27. The second-order valence-corrected chi connectivity index (χ2v) is 5.96. The third-order valence-corrected chi connectivity index (χ3v) is 3.69. The highest BCUT2D eigenvalue weighted by atomic mass is 19.3. The molecule has 0 aromatic carbocycles. The maximum Gasteiger partial charge on any atom is 0.272 e. The van der Waals surface area contributed by atoms with Crippen LogP contribution in [-0.2, 0) is 6.54 Å². The van der Waals surface area contributed by atoms with Crippen LogP contribution in [0.25, 0.3) is 0 Å². The van der Waals surface area contributed by atoms with E-state index in [0.29, 0.717) is 19.4 Å². The van der Waals surface area contributed by atoms with Gasteiger partial charge in [-0.2, -0.15) is 5.10 Å². The summed E-state index contributed by atoms with van der Waals surface area (Å²) in [6.45, 7) is 7.95. The Morgan fingerprint density at radius 2 is 2.00 bits per heavy atom. The average molecular weight is 317 g/mol. The van der Waals surface area contributed by atoms with Crippen LogP contribution in [0.2, 0.25) is 0 Å². The van der Waals surface area contributed by atoms with Crippen molar-refractivity contribution in [3.63, 3.8) is 0 Å². The van der Waals surface area contributed by atoms with Crippen LogP contribution in [0, 0.1) is 5.92 Å². The van der Waals surface area contributed by atoms with E-state index in [2.05, 4.69) is 10.4 Å². The zero-order chi connectivity index (χ0) is 16.9. The van der Waals surface area contributed by atoms with Crippen molar-refractivity contribution in [3.05, 3.63) is 17.5 Å². The number of hydrogen-bond acceptors (Lipinski definition) is 3. The van der Waals surface area contributed by atoms with E-state index in [1.165, 1.54) is 10.9 Å². The molecular formula is C15H25F2N3O2. The molecule has 22 heavy (non-hydrogen) atoms. The topological polar surface area (TPSA) is 67.2 Å². The lowest BCUT2D eigenvalue weighted by Gasteiger charge is -2.25. The van der Waals surface area contributed by atoms with Crippen molar-refractivity contribution in [1.82, 2.24) is 15.1 Å². The van der Waals surface area contributed by atoms with Crippen molar-refractivity contribution in [1.29, 1.82) is 0 Å². The summed E-state index contributed by atoms with van der Waals surface area (Å²) < 4.78 is 27.5. The normalized spacial score (nSPS) is 12.2. The van der Waals surface area contributed by atoms with Gasteiger partial charge in [-0.3, -0.25) is 9.48 Å². The molecule has 1 heterocycles. The first-order chi connectivity index (χ1) is 10.2. The molecule has 5 nitrogen and oxygen atoms in total. The van der Waals surface area contributed by atoms with E-state index in [9.17, 15) is 18.7 Å². The Labute approximate surface area is 129 Å². The molecule has 1 aromatic heterocycles. The number of nitrogens with zero attached hydrogens (tertiary/aromatic N) is 2. The van der Waals surface area contributed by atoms with Gasteiger partial charge in [0.2, 0.25) is 0 Å². The fourth-order valence-electron chi connectivity index (χ4n) is 2.07. The molecule has 1 rings (SSSR count). The molecule has 1 amide bonds. The quantitative estimate of drug-likeness (QED) is 0.775. The molecule has 126 valence electrons. The number of hydrogen-bond donors (Lipinski definition) is 2. The minimum Gasteiger partial charge on any atom is -0.388 e. The van der Waals surface area contributed by atoms with Crippen molar-refractivity contribution >= 4 is 5.91 Å². The standard InChI is InChI=1S/C15H25F2N3O2/c1-5-15(22,6-2)9-18-14(21)12-11(13(16)17)8-20(19-12)7-10(3)4/h8,10,13,22H,5-7,9H2,1-4H3,(H,18,21). The second-order valence-electron chi connectivity index (χ2n) is 5.96. The van der Waals surface area contributed by atoms with Gasteiger partial charge in [-0.15, -0.1) is 0 Å². The van der Waals surface area contributed by atoms with Crippen molar-refractivity contribution in [2.24, 2.45) is 5.92 Å². The molecule has 7 heteroatoms. The number of carbonyl (C=O) groups excluding carboxylic acids is 1. The Kier molecular flexibility index (Phi) is 6.47. The van der Waals surface area contributed by atoms with Crippen molar-refractivity contribution in [2.45, 2.75) is 59.1 Å². The molecule has 0 spiro atoms. The zero-order valence-electron chi connectivity index (χ0n) is 13.6. The number of rotatable bonds is 8. The molecule has 0 unspecified atom stereocenters. The number of aliphatic hydroxyl groups is 1. The number of carbonyl (C=O) groups is 1. The van der Waals surface area contributed by atoms with Crippen LogP contribution in [0.1, 0.15) is 63.0 Å². The Bertz CT molecular complexity index is 497. The van der Waals surface area contributed by atoms with Gasteiger partial charge < -0.3 is 10.4 Å². The summed E-state index contributed by atoms with van der Waals surface area (Å²) in [5.74, 6) is -0.454. The molecule has 0 saturated heterocycles. The molecule has 0 fully saturated rings. The van der Waals surface area contributed by atoms with Crippen LogP contribution >= 0.6 is 0 Å². The lowest BCUT2D eigenvalue weighted by molar-refractivity contribution is 0.0312. The molecule has 0 aliphatic rings. The predicted octanol–water partition coefficient (Wildman–Crippen LogP) is 2.76. The van der Waals surface area contributed by atoms with Crippen LogP contribution in [0.5, 0.6) is 0 Å². The first-order valence-electron chi connectivity index (χ1n) is 7.58. The summed E-state index contributed by atoms with van der Waals surface area (Å²) in [7, 11) is 0. The number of aromatic nitrogens is 2. The summed E-state index contributed by atoms with van der Waals surface area (Å²) in [5.41, 5.74) is -1.68. The summed E-state index contributed by atoms with van der Waals surface area (Å²) in [5, 5.41) is 16.6. The van der Waals surface area contributed by atoms with Crippen LogP contribution in [0.4, 0.5) is 8.78 Å². The SMILES string of the molecule is CCC(O)(CC)CNC(=O)c1nn(CC(C)C)cc1C(F)F. The molecule has 2 N–H and O–H groups in total. The highest BCUT2D eigenvalue weighted by Crippen LogP contribution is 2.23. The van der Waals surface area contributed by atoms with Crippen LogP contribution in [0.3, 0.4) is 0 Å². The van der Waals surface area contributed by atoms with E-state index in [4.69, 9.17) is 0 Å². The maximum absolute atomic E-state index is 13.1. The highest BCUT2D eigenvalue weighted by molar-refractivity contribution is 5.93. The van der Waals surface area contributed by atoms with Crippen LogP contribution in [-0.4, -0.2) is 32.9 Å². The van der Waals surface area contributed by atoms with Gasteiger partial charge in [0.05, 0.1) is 11.2 Å². The van der Waals surface area contributed by atoms with E-state index >= 15 is 0 Å². The summed E-state index contributed by atoms with van der Waals surface area (Å²) in [6, 6.07) is 0. The minimum atomic E-state index is -2.77. The largest absolute Gasteiger partial charge is 0.388 e. The Morgan fingerprint density at radius 1 is 1.41 bits per heavy atom. The summed E-state index contributed by atoms with van der Waals surface area (Å²) in [4.78, 5) is 12.1. The lowest BCUT2D eigenvalue weighted by atomic mass is 9.97. The van der Waals surface area contributed by atoms with Gasteiger partial charge in [-0.25, -0.2) is 8.78 Å². The zero-order valence-corrected chi connectivity index (χ0v) is 13.6. The first-order valence-corrected chi connectivity index (χ1v) is 7.58. The molecule has 0 radical (unpaired) electrons.